The molecular weight excluding hydrogens is 134 g/mol. The summed E-state index contributed by atoms with van der Waals surface area (Å²) in [5.41, 5.74) is -1.26. The summed E-state index contributed by atoms with van der Waals surface area (Å²) < 4.78 is 1.19. The van der Waals surface area contributed by atoms with Crippen molar-refractivity contribution in [2.45, 2.75) is 6.92 Å². The summed E-state index contributed by atoms with van der Waals surface area (Å²) in [6.07, 6.45) is 0. The van der Waals surface area contributed by atoms with E-state index in [4.69, 9.17) is 0 Å². The van der Waals surface area contributed by atoms with Gasteiger partial charge in [0, 0.05) is 7.05 Å². The maximum atomic E-state index is 10.8. The predicted molar refractivity (Wildman–Crippen MR) is 34.8 cm³/mol. The summed E-state index contributed by atoms with van der Waals surface area (Å²) in [6, 6.07) is 0. The first-order valence-electron chi connectivity index (χ1n) is 2.75. The Hall–Kier alpha value is -1.39. The van der Waals surface area contributed by atoms with Crippen LogP contribution in [0.4, 0.5) is 0 Å². The average molecular weight is 141 g/mol. The molecule has 0 amide bonds. The molecule has 0 fully saturated rings. The minimum absolute atomic E-state index is 0.490. The van der Waals surface area contributed by atoms with Crippen LogP contribution in [0.25, 0.3) is 0 Å². The van der Waals surface area contributed by atoms with Gasteiger partial charge in [0.1, 0.15) is 5.82 Å². The van der Waals surface area contributed by atoms with E-state index in [1.807, 2.05) is 0 Å². The molecule has 1 heterocycles. The highest BCUT2D eigenvalue weighted by atomic mass is 16.2. The summed E-state index contributed by atoms with van der Waals surface area (Å²) in [5.74, 6) is 0.490. The molecule has 5 heteroatoms. The minimum atomic E-state index is -0.687. The van der Waals surface area contributed by atoms with E-state index in [1.165, 1.54) is 11.6 Å². The van der Waals surface area contributed by atoms with Gasteiger partial charge in [0.05, 0.1) is 0 Å². The molecule has 0 aliphatic rings. The fourth-order valence-electron chi connectivity index (χ4n) is 0.554. The first kappa shape index (κ1) is 6.73. The van der Waals surface area contributed by atoms with Crippen LogP contribution in [0.3, 0.4) is 0 Å². The van der Waals surface area contributed by atoms with Gasteiger partial charge in [-0.3, -0.25) is 14.2 Å². The van der Waals surface area contributed by atoms with Crippen molar-refractivity contribution in [1.29, 1.82) is 0 Å². The van der Waals surface area contributed by atoms with E-state index in [2.05, 4.69) is 10.2 Å². The summed E-state index contributed by atoms with van der Waals surface area (Å²) in [4.78, 5) is 21.3. The summed E-state index contributed by atoms with van der Waals surface area (Å²) in [6.45, 7) is 1.64. The zero-order valence-corrected chi connectivity index (χ0v) is 5.71. The molecule has 0 aliphatic carbocycles. The van der Waals surface area contributed by atoms with Gasteiger partial charge < -0.3 is 0 Å². The minimum Gasteiger partial charge on any atom is -0.294 e. The normalized spacial score (nSPS) is 9.80. The van der Waals surface area contributed by atoms with Crippen LogP contribution in [0.2, 0.25) is 0 Å². The van der Waals surface area contributed by atoms with Crippen molar-refractivity contribution in [2.75, 3.05) is 0 Å². The van der Waals surface area contributed by atoms with Crippen molar-refractivity contribution >= 4 is 0 Å². The van der Waals surface area contributed by atoms with Crippen LogP contribution >= 0.6 is 0 Å². The molecule has 0 bridgehead atoms. The Bertz CT molecular complexity index is 349. The second-order valence-electron chi connectivity index (χ2n) is 1.96. The Balaban J connectivity index is 3.66. The van der Waals surface area contributed by atoms with Crippen molar-refractivity contribution in [1.82, 2.24) is 14.8 Å². The van der Waals surface area contributed by atoms with E-state index in [0.29, 0.717) is 5.82 Å². The van der Waals surface area contributed by atoms with Crippen LogP contribution in [-0.4, -0.2) is 14.8 Å². The van der Waals surface area contributed by atoms with Gasteiger partial charge >= 0.3 is 11.1 Å². The van der Waals surface area contributed by atoms with Crippen LogP contribution in [-0.2, 0) is 7.05 Å². The zero-order chi connectivity index (χ0) is 7.72. The van der Waals surface area contributed by atoms with E-state index < -0.39 is 11.1 Å². The third-order valence-corrected chi connectivity index (χ3v) is 1.30. The van der Waals surface area contributed by atoms with Crippen molar-refractivity contribution in [2.24, 2.45) is 7.05 Å². The number of hydrogen-bond acceptors (Lipinski definition) is 3. The van der Waals surface area contributed by atoms with Crippen LogP contribution in [0.15, 0.2) is 9.59 Å². The standard InChI is InChI=1S/C5H7N3O2/c1-3-6-7-4(9)5(10)8(3)2/h1-2H3,(H,7,9). The lowest BCUT2D eigenvalue weighted by molar-refractivity contribution is 0.709. The van der Waals surface area contributed by atoms with Crippen molar-refractivity contribution in [3.63, 3.8) is 0 Å². The molecule has 1 N–H and O–H groups in total. The molecule has 1 aromatic heterocycles. The predicted octanol–water partition coefficient (Wildman–Crippen LogP) is -1.22. The van der Waals surface area contributed by atoms with Gasteiger partial charge in [0.25, 0.3) is 0 Å². The lowest BCUT2D eigenvalue weighted by Crippen LogP contribution is -2.37. The number of nitrogens with zero attached hydrogens (tertiary/aromatic N) is 2. The fourth-order valence-corrected chi connectivity index (χ4v) is 0.554. The van der Waals surface area contributed by atoms with E-state index in [1.54, 1.807) is 6.92 Å². The molecule has 0 unspecified atom stereocenters. The first-order valence-corrected chi connectivity index (χ1v) is 2.75. The van der Waals surface area contributed by atoms with Crippen LogP contribution in [0.5, 0.6) is 0 Å². The molecular formula is C5H7N3O2. The maximum Gasteiger partial charge on any atom is 0.330 e. The highest BCUT2D eigenvalue weighted by Gasteiger charge is 1.97. The van der Waals surface area contributed by atoms with E-state index in [0.717, 1.165) is 0 Å². The van der Waals surface area contributed by atoms with Gasteiger partial charge in [-0.2, -0.15) is 5.10 Å². The SMILES string of the molecule is Cc1n[nH]c(=O)c(=O)n1C. The molecule has 10 heavy (non-hydrogen) atoms. The highest BCUT2D eigenvalue weighted by Crippen LogP contribution is 1.75. The van der Waals surface area contributed by atoms with Crippen molar-refractivity contribution in [3.05, 3.63) is 26.5 Å². The molecule has 1 aromatic rings. The topological polar surface area (TPSA) is 67.8 Å². The van der Waals surface area contributed by atoms with Crippen LogP contribution in [0, 0.1) is 6.92 Å². The first-order chi connectivity index (χ1) is 4.63. The Kier molecular flexibility index (Phi) is 1.41. The van der Waals surface area contributed by atoms with E-state index in [-0.39, 0.29) is 0 Å². The second kappa shape index (κ2) is 2.09. The number of aryl methyl sites for hydroxylation is 1. The van der Waals surface area contributed by atoms with Gasteiger partial charge in [-0.05, 0) is 6.92 Å². The maximum absolute atomic E-state index is 10.8. The van der Waals surface area contributed by atoms with Gasteiger partial charge in [0.15, 0.2) is 0 Å². The smallest absolute Gasteiger partial charge is 0.294 e. The Morgan fingerprint density at radius 1 is 1.50 bits per heavy atom. The largest absolute Gasteiger partial charge is 0.330 e. The Morgan fingerprint density at radius 2 is 2.10 bits per heavy atom. The number of nitrogens with one attached hydrogen (secondary N) is 1. The average Bonchev–Trinajstić information content (AvgIpc) is 1.93. The number of aromatic amines is 1. The third-order valence-electron chi connectivity index (χ3n) is 1.30. The molecule has 0 saturated carbocycles. The van der Waals surface area contributed by atoms with Gasteiger partial charge in [-0.15, -0.1) is 0 Å². The quantitative estimate of drug-likeness (QED) is 0.460. The molecule has 54 valence electrons. The van der Waals surface area contributed by atoms with Crippen LogP contribution in [0.1, 0.15) is 5.82 Å². The zero-order valence-electron chi connectivity index (χ0n) is 5.71. The monoisotopic (exact) mass is 141 g/mol. The molecule has 0 spiro atoms. The Morgan fingerprint density at radius 3 is 2.60 bits per heavy atom. The summed E-state index contributed by atoms with van der Waals surface area (Å²) in [7, 11) is 1.50. The highest BCUT2D eigenvalue weighted by molar-refractivity contribution is 4.82. The number of rotatable bonds is 0. The van der Waals surface area contributed by atoms with Gasteiger partial charge in [-0.25, -0.2) is 5.10 Å². The molecule has 0 radical (unpaired) electrons. The van der Waals surface area contributed by atoms with Gasteiger partial charge in [-0.1, -0.05) is 0 Å². The van der Waals surface area contributed by atoms with Crippen molar-refractivity contribution < 1.29 is 0 Å². The Labute approximate surface area is 56.3 Å². The lowest BCUT2D eigenvalue weighted by Gasteiger charge is -1.96. The second-order valence-corrected chi connectivity index (χ2v) is 1.96. The summed E-state index contributed by atoms with van der Waals surface area (Å²) in [5, 5.41) is 5.63. The number of H-pyrrole nitrogens is 1. The summed E-state index contributed by atoms with van der Waals surface area (Å²) >= 11 is 0. The lowest BCUT2D eigenvalue weighted by atomic mass is 10.6. The number of hydrogen-bond donors (Lipinski definition) is 1. The van der Waals surface area contributed by atoms with E-state index in [9.17, 15) is 9.59 Å². The third kappa shape index (κ3) is 0.854. The number of aromatic nitrogens is 3. The molecule has 0 aliphatic heterocycles. The van der Waals surface area contributed by atoms with Crippen LogP contribution < -0.4 is 11.1 Å². The molecule has 0 saturated heterocycles. The molecule has 0 atom stereocenters. The molecule has 1 rings (SSSR count). The molecule has 0 aromatic carbocycles. The molecule has 5 nitrogen and oxygen atoms in total. The fraction of sp³-hybridized carbons (Fsp3) is 0.400. The van der Waals surface area contributed by atoms with E-state index >= 15 is 0 Å². The van der Waals surface area contributed by atoms with Crippen molar-refractivity contribution in [3.8, 4) is 0 Å². The van der Waals surface area contributed by atoms with Gasteiger partial charge in [0.2, 0.25) is 0 Å².